The molecule has 0 radical (unpaired) electrons. The summed E-state index contributed by atoms with van der Waals surface area (Å²) in [5.74, 6) is 2.52. The van der Waals surface area contributed by atoms with E-state index in [0.717, 1.165) is 61.4 Å². The molecular weight excluding hydrogens is 425 g/mol. The molecule has 174 valence electrons. The van der Waals surface area contributed by atoms with Crippen molar-refractivity contribution in [2.24, 2.45) is 17.8 Å². The van der Waals surface area contributed by atoms with Gasteiger partial charge in [0.25, 0.3) is 0 Å². The average Bonchev–Trinajstić information content (AvgIpc) is 3.40. The predicted octanol–water partition coefficient (Wildman–Crippen LogP) is 2.81. The number of aromatic nitrogens is 6. The number of tetrazole rings is 1. The third-order valence-corrected chi connectivity index (χ3v) is 6.62. The van der Waals surface area contributed by atoms with E-state index < -0.39 is 0 Å². The van der Waals surface area contributed by atoms with Crippen molar-refractivity contribution in [3.05, 3.63) is 53.9 Å². The van der Waals surface area contributed by atoms with Gasteiger partial charge >= 0.3 is 0 Å². The maximum Gasteiger partial charge on any atom is 0.225 e. The van der Waals surface area contributed by atoms with Gasteiger partial charge in [-0.15, -0.1) is 5.10 Å². The standard InChI is InChI=1S/C23H28FN7O2/c1-32-12-17-10-25-23(26-11-17)30-6-4-18(5-7-30)20-9-19(20)14-33-13-16-2-3-22(21(24)8-16)31-15-27-28-29-31/h2-3,8,10-11,15,18-20H,4-7,9,12-14H2,1H3. The van der Waals surface area contributed by atoms with E-state index in [1.54, 1.807) is 13.2 Å². The number of hydrogen-bond acceptors (Lipinski definition) is 8. The minimum absolute atomic E-state index is 0.327. The van der Waals surface area contributed by atoms with E-state index in [1.165, 1.54) is 23.5 Å². The van der Waals surface area contributed by atoms with Gasteiger partial charge < -0.3 is 14.4 Å². The van der Waals surface area contributed by atoms with E-state index in [1.807, 2.05) is 18.5 Å². The maximum absolute atomic E-state index is 14.3. The van der Waals surface area contributed by atoms with Gasteiger partial charge in [0.05, 0.1) is 19.8 Å². The number of piperidine rings is 1. The topological polar surface area (TPSA) is 91.1 Å². The van der Waals surface area contributed by atoms with Crippen LogP contribution in [0.3, 0.4) is 0 Å². The van der Waals surface area contributed by atoms with Crippen LogP contribution in [0.15, 0.2) is 36.9 Å². The number of ether oxygens (including phenoxy) is 2. The Balaban J connectivity index is 1.04. The zero-order valence-electron chi connectivity index (χ0n) is 18.7. The Morgan fingerprint density at radius 2 is 1.91 bits per heavy atom. The van der Waals surface area contributed by atoms with E-state index in [4.69, 9.17) is 9.47 Å². The first-order valence-corrected chi connectivity index (χ1v) is 11.4. The highest BCUT2D eigenvalue weighted by Gasteiger charge is 2.43. The molecule has 0 N–H and O–H groups in total. The molecule has 5 rings (SSSR count). The van der Waals surface area contributed by atoms with Crippen LogP contribution in [0.4, 0.5) is 10.3 Å². The summed E-state index contributed by atoms with van der Waals surface area (Å²) in [6, 6.07) is 5.01. The van der Waals surface area contributed by atoms with Crippen molar-refractivity contribution >= 4 is 5.95 Å². The molecule has 1 saturated carbocycles. The van der Waals surface area contributed by atoms with Gasteiger partial charge in [0.2, 0.25) is 5.95 Å². The molecule has 3 heterocycles. The lowest BCUT2D eigenvalue weighted by atomic mass is 9.91. The van der Waals surface area contributed by atoms with Gasteiger partial charge in [0.1, 0.15) is 17.8 Å². The highest BCUT2D eigenvalue weighted by Crippen LogP contribution is 2.48. The van der Waals surface area contributed by atoms with Crippen molar-refractivity contribution in [1.29, 1.82) is 0 Å². The molecule has 9 nitrogen and oxygen atoms in total. The fourth-order valence-corrected chi connectivity index (χ4v) is 4.75. The third-order valence-electron chi connectivity index (χ3n) is 6.62. The first-order valence-electron chi connectivity index (χ1n) is 11.4. The van der Waals surface area contributed by atoms with Gasteiger partial charge in [-0.25, -0.2) is 14.4 Å². The quantitative estimate of drug-likeness (QED) is 0.489. The van der Waals surface area contributed by atoms with Gasteiger partial charge in [-0.3, -0.25) is 0 Å². The van der Waals surface area contributed by atoms with Crippen LogP contribution in [0, 0.1) is 23.6 Å². The van der Waals surface area contributed by atoms with Crippen molar-refractivity contribution in [2.45, 2.75) is 32.5 Å². The summed E-state index contributed by atoms with van der Waals surface area (Å²) in [5.41, 5.74) is 2.13. The first-order chi connectivity index (χ1) is 16.2. The molecule has 0 bridgehead atoms. The molecule has 3 aromatic rings. The van der Waals surface area contributed by atoms with E-state index in [9.17, 15) is 4.39 Å². The van der Waals surface area contributed by atoms with Crippen molar-refractivity contribution < 1.29 is 13.9 Å². The van der Waals surface area contributed by atoms with Crippen LogP contribution in [0.2, 0.25) is 0 Å². The molecule has 1 aliphatic carbocycles. The Morgan fingerprint density at radius 1 is 1.09 bits per heavy atom. The minimum Gasteiger partial charge on any atom is -0.380 e. The lowest BCUT2D eigenvalue weighted by molar-refractivity contribution is 0.104. The zero-order chi connectivity index (χ0) is 22.6. The fraction of sp³-hybridized carbons (Fsp3) is 0.522. The van der Waals surface area contributed by atoms with Gasteiger partial charge in [-0.2, -0.15) is 4.68 Å². The molecule has 33 heavy (non-hydrogen) atoms. The number of nitrogens with zero attached hydrogens (tertiary/aromatic N) is 7. The monoisotopic (exact) mass is 453 g/mol. The van der Waals surface area contributed by atoms with E-state index in [-0.39, 0.29) is 5.82 Å². The van der Waals surface area contributed by atoms with Crippen LogP contribution in [0.5, 0.6) is 0 Å². The maximum atomic E-state index is 14.3. The summed E-state index contributed by atoms with van der Waals surface area (Å²) in [7, 11) is 1.67. The summed E-state index contributed by atoms with van der Waals surface area (Å²) in [5, 5.41) is 10.8. The molecule has 2 aliphatic rings. The number of benzene rings is 1. The SMILES string of the molecule is COCc1cnc(N2CCC(C3CC3COCc3ccc(-n4cnnn4)c(F)c3)CC2)nc1. The lowest BCUT2D eigenvalue weighted by Gasteiger charge is -2.32. The second kappa shape index (κ2) is 9.88. The molecule has 0 spiro atoms. The zero-order valence-corrected chi connectivity index (χ0v) is 18.7. The number of methoxy groups -OCH3 is 1. The van der Waals surface area contributed by atoms with Crippen molar-refractivity contribution in [3.8, 4) is 5.69 Å². The smallest absolute Gasteiger partial charge is 0.225 e. The summed E-state index contributed by atoms with van der Waals surface area (Å²) >= 11 is 0. The molecule has 1 saturated heterocycles. The van der Waals surface area contributed by atoms with Crippen LogP contribution in [0.25, 0.3) is 5.69 Å². The summed E-state index contributed by atoms with van der Waals surface area (Å²) < 4.78 is 26.7. The van der Waals surface area contributed by atoms with Crippen molar-refractivity contribution in [2.75, 3.05) is 31.7 Å². The predicted molar refractivity (Wildman–Crippen MR) is 118 cm³/mol. The normalized spacial score (nSPS) is 20.8. The molecule has 10 heteroatoms. The summed E-state index contributed by atoms with van der Waals surface area (Å²) in [6.45, 7) is 3.65. The average molecular weight is 454 g/mol. The largest absolute Gasteiger partial charge is 0.380 e. The second-order valence-corrected chi connectivity index (χ2v) is 8.86. The molecule has 2 atom stereocenters. The summed E-state index contributed by atoms with van der Waals surface area (Å²) in [4.78, 5) is 11.3. The highest BCUT2D eigenvalue weighted by molar-refractivity contribution is 5.35. The Kier molecular flexibility index (Phi) is 6.54. The van der Waals surface area contributed by atoms with E-state index >= 15 is 0 Å². The van der Waals surface area contributed by atoms with Gasteiger partial charge in [-0.1, -0.05) is 6.07 Å². The number of anilines is 1. The minimum atomic E-state index is -0.364. The van der Waals surface area contributed by atoms with Crippen molar-refractivity contribution in [1.82, 2.24) is 30.2 Å². The number of hydrogen-bond donors (Lipinski definition) is 0. The lowest BCUT2D eigenvalue weighted by Crippen LogP contribution is -2.35. The van der Waals surface area contributed by atoms with Crippen LogP contribution in [-0.4, -0.2) is 57.0 Å². The molecular formula is C23H28FN7O2. The van der Waals surface area contributed by atoms with Crippen LogP contribution in [-0.2, 0) is 22.7 Å². The van der Waals surface area contributed by atoms with E-state index in [2.05, 4.69) is 30.4 Å². The Hall–Kier alpha value is -2.98. The Labute approximate surface area is 191 Å². The van der Waals surface area contributed by atoms with Crippen LogP contribution < -0.4 is 4.90 Å². The van der Waals surface area contributed by atoms with Crippen molar-refractivity contribution in [3.63, 3.8) is 0 Å². The Morgan fingerprint density at radius 3 is 2.61 bits per heavy atom. The Bertz CT molecular complexity index is 1040. The number of rotatable bonds is 9. The third kappa shape index (κ3) is 5.17. The fourth-order valence-electron chi connectivity index (χ4n) is 4.75. The van der Waals surface area contributed by atoms with Gasteiger partial charge in [0, 0.05) is 38.2 Å². The summed E-state index contributed by atoms with van der Waals surface area (Å²) in [6.07, 6.45) is 8.61. The molecule has 1 aromatic carbocycles. The molecule has 2 unspecified atom stereocenters. The van der Waals surface area contributed by atoms with Gasteiger partial charge in [0.15, 0.2) is 0 Å². The molecule has 2 fully saturated rings. The number of halogens is 1. The van der Waals surface area contributed by atoms with Crippen LogP contribution in [0.1, 0.15) is 30.4 Å². The highest BCUT2D eigenvalue weighted by atomic mass is 19.1. The van der Waals surface area contributed by atoms with Crippen LogP contribution >= 0.6 is 0 Å². The second-order valence-electron chi connectivity index (χ2n) is 8.86. The molecule has 2 aromatic heterocycles. The van der Waals surface area contributed by atoms with Gasteiger partial charge in [-0.05, 0) is 65.1 Å². The van der Waals surface area contributed by atoms with E-state index in [0.29, 0.717) is 24.8 Å². The molecule has 1 aliphatic heterocycles. The molecule has 0 amide bonds. The first kappa shape index (κ1) is 21.8.